The molecule has 0 spiro atoms. The van der Waals surface area contributed by atoms with Gasteiger partial charge in [0.25, 0.3) is 0 Å². The summed E-state index contributed by atoms with van der Waals surface area (Å²) in [4.78, 5) is 16.7. The minimum atomic E-state index is -0.419. The van der Waals surface area contributed by atoms with Gasteiger partial charge in [-0.3, -0.25) is 14.6 Å². The molecule has 0 saturated carbocycles. The van der Waals surface area contributed by atoms with Crippen molar-refractivity contribution < 1.29 is 9.18 Å². The molecule has 4 heteroatoms. The van der Waals surface area contributed by atoms with Crippen LogP contribution in [0, 0.1) is 5.82 Å². The van der Waals surface area contributed by atoms with Crippen LogP contribution in [-0.2, 0) is 0 Å². The molecule has 1 aromatic carbocycles. The number of ketones is 1. The Morgan fingerprint density at radius 3 is 2.45 bits per heavy atom. The average Bonchev–Trinajstić information content (AvgIpc) is 2.42. The molecule has 0 N–H and O–H groups in total. The lowest BCUT2D eigenvalue weighted by molar-refractivity contribution is 0.0575. The summed E-state index contributed by atoms with van der Waals surface area (Å²) >= 11 is 0. The predicted octanol–water partition coefficient (Wildman–Crippen LogP) is 2.42. The molecule has 0 amide bonds. The fourth-order valence-corrected chi connectivity index (χ4v) is 2.78. The second-order valence-corrected chi connectivity index (χ2v) is 5.78. The monoisotopic (exact) mass is 278 g/mol. The molecule has 2 atom stereocenters. The van der Waals surface area contributed by atoms with E-state index >= 15 is 0 Å². The zero-order valence-corrected chi connectivity index (χ0v) is 12.5. The number of rotatable bonds is 4. The lowest BCUT2D eigenvalue weighted by Crippen LogP contribution is -2.55. The van der Waals surface area contributed by atoms with Crippen LogP contribution in [0.1, 0.15) is 30.6 Å². The van der Waals surface area contributed by atoms with Gasteiger partial charge in [-0.1, -0.05) is 12.1 Å². The molecule has 0 radical (unpaired) electrons. The number of carbonyl (C=O) groups is 1. The Hall–Kier alpha value is -1.26. The third kappa shape index (κ3) is 3.44. The molecular formula is C16H23FN2O. The van der Waals surface area contributed by atoms with E-state index in [2.05, 4.69) is 30.7 Å². The molecule has 1 fully saturated rings. The van der Waals surface area contributed by atoms with Crippen molar-refractivity contribution in [3.05, 3.63) is 35.6 Å². The van der Waals surface area contributed by atoms with Crippen LogP contribution in [0.15, 0.2) is 24.3 Å². The van der Waals surface area contributed by atoms with Crippen molar-refractivity contribution in [3.63, 3.8) is 0 Å². The second kappa shape index (κ2) is 6.46. The van der Waals surface area contributed by atoms with E-state index in [1.165, 1.54) is 6.07 Å². The van der Waals surface area contributed by atoms with Crippen molar-refractivity contribution >= 4 is 5.78 Å². The van der Waals surface area contributed by atoms with Gasteiger partial charge in [0.15, 0.2) is 5.78 Å². The number of Topliss-reactive ketones (excluding diaryl/α,β-unsaturated/α-hetero) is 1. The quantitative estimate of drug-likeness (QED) is 0.790. The second-order valence-electron chi connectivity index (χ2n) is 5.78. The third-order valence-electron chi connectivity index (χ3n) is 4.26. The highest BCUT2D eigenvalue weighted by molar-refractivity contribution is 5.96. The van der Waals surface area contributed by atoms with Crippen LogP contribution in [0.2, 0.25) is 0 Å². The minimum absolute atomic E-state index is 0.109. The Labute approximate surface area is 120 Å². The van der Waals surface area contributed by atoms with E-state index < -0.39 is 5.82 Å². The number of hydrogen-bond donors (Lipinski definition) is 0. The maximum absolute atomic E-state index is 13.5. The summed E-state index contributed by atoms with van der Waals surface area (Å²) < 4.78 is 13.5. The van der Waals surface area contributed by atoms with Gasteiger partial charge in [-0.2, -0.15) is 0 Å². The first kappa shape index (κ1) is 15.1. The molecule has 0 aliphatic carbocycles. The highest BCUT2D eigenvalue weighted by Gasteiger charge is 2.26. The van der Waals surface area contributed by atoms with Crippen LogP contribution in [0.5, 0.6) is 0 Å². The first-order valence-corrected chi connectivity index (χ1v) is 7.21. The summed E-state index contributed by atoms with van der Waals surface area (Å²) in [6.45, 7) is 7.02. The minimum Gasteiger partial charge on any atom is -0.300 e. The molecule has 20 heavy (non-hydrogen) atoms. The fraction of sp³-hybridized carbons (Fsp3) is 0.562. The number of hydrogen-bond acceptors (Lipinski definition) is 3. The van der Waals surface area contributed by atoms with Gasteiger partial charge in [0.1, 0.15) is 5.82 Å². The Morgan fingerprint density at radius 2 is 1.85 bits per heavy atom. The SMILES string of the molecule is CC1CN(CCC(=O)c2ccccc2F)CC(C)N1C. The van der Waals surface area contributed by atoms with Gasteiger partial charge in [0.05, 0.1) is 5.56 Å². The van der Waals surface area contributed by atoms with Crippen molar-refractivity contribution in [3.8, 4) is 0 Å². The van der Waals surface area contributed by atoms with E-state index in [-0.39, 0.29) is 11.3 Å². The number of likely N-dealkylation sites (N-methyl/N-ethyl adjacent to an activating group) is 1. The first-order valence-electron chi connectivity index (χ1n) is 7.21. The van der Waals surface area contributed by atoms with Crippen molar-refractivity contribution in [1.82, 2.24) is 9.80 Å². The average molecular weight is 278 g/mol. The highest BCUT2D eigenvalue weighted by Crippen LogP contribution is 2.15. The Morgan fingerprint density at radius 1 is 1.25 bits per heavy atom. The topological polar surface area (TPSA) is 23.6 Å². The standard InChI is InChI=1S/C16H23FN2O/c1-12-10-19(11-13(2)18(12)3)9-8-16(20)14-6-4-5-7-15(14)17/h4-7,12-13H,8-11H2,1-3H3. The van der Waals surface area contributed by atoms with E-state index in [0.29, 0.717) is 25.0 Å². The molecule has 1 aromatic rings. The van der Waals surface area contributed by atoms with Gasteiger partial charge >= 0.3 is 0 Å². The predicted molar refractivity (Wildman–Crippen MR) is 78.5 cm³/mol. The maximum Gasteiger partial charge on any atom is 0.167 e. The fourth-order valence-electron chi connectivity index (χ4n) is 2.78. The van der Waals surface area contributed by atoms with Crippen LogP contribution in [-0.4, -0.2) is 54.3 Å². The molecule has 3 nitrogen and oxygen atoms in total. The molecule has 2 rings (SSSR count). The van der Waals surface area contributed by atoms with E-state index in [0.717, 1.165) is 13.1 Å². The molecule has 1 aliphatic rings. The molecule has 1 aliphatic heterocycles. The number of piperazine rings is 1. The Kier molecular flexibility index (Phi) is 4.89. The Bertz CT molecular complexity index is 465. The summed E-state index contributed by atoms with van der Waals surface area (Å²) in [6.07, 6.45) is 0.379. The molecule has 0 aromatic heterocycles. The van der Waals surface area contributed by atoms with E-state index in [9.17, 15) is 9.18 Å². The normalized spacial score (nSPS) is 24.8. The lowest BCUT2D eigenvalue weighted by Gasteiger charge is -2.42. The zero-order valence-electron chi connectivity index (χ0n) is 12.5. The van der Waals surface area contributed by atoms with Crippen LogP contribution in [0.25, 0.3) is 0 Å². The van der Waals surface area contributed by atoms with Gasteiger partial charge in [-0.15, -0.1) is 0 Å². The molecule has 110 valence electrons. The summed E-state index contributed by atoms with van der Waals surface area (Å²) in [7, 11) is 2.14. The first-order chi connectivity index (χ1) is 9.49. The van der Waals surface area contributed by atoms with Gasteiger partial charge < -0.3 is 0 Å². The van der Waals surface area contributed by atoms with Crippen LogP contribution >= 0.6 is 0 Å². The van der Waals surface area contributed by atoms with E-state index in [1.54, 1.807) is 18.2 Å². The maximum atomic E-state index is 13.5. The van der Waals surface area contributed by atoms with Crippen molar-refractivity contribution in [1.29, 1.82) is 0 Å². The largest absolute Gasteiger partial charge is 0.300 e. The number of benzene rings is 1. The van der Waals surface area contributed by atoms with Gasteiger partial charge in [-0.25, -0.2) is 4.39 Å². The van der Waals surface area contributed by atoms with Crippen LogP contribution in [0.3, 0.4) is 0 Å². The third-order valence-corrected chi connectivity index (χ3v) is 4.26. The van der Waals surface area contributed by atoms with E-state index in [4.69, 9.17) is 0 Å². The molecule has 1 saturated heterocycles. The number of carbonyl (C=O) groups excluding carboxylic acids is 1. The summed E-state index contributed by atoms with van der Waals surface area (Å²) in [5, 5.41) is 0. The smallest absolute Gasteiger partial charge is 0.167 e. The van der Waals surface area contributed by atoms with Crippen molar-refractivity contribution in [2.24, 2.45) is 0 Å². The molecular weight excluding hydrogens is 255 g/mol. The Balaban J connectivity index is 1.90. The van der Waals surface area contributed by atoms with Gasteiger partial charge in [0.2, 0.25) is 0 Å². The molecule has 0 bridgehead atoms. The van der Waals surface area contributed by atoms with Gasteiger partial charge in [-0.05, 0) is 33.0 Å². The van der Waals surface area contributed by atoms with E-state index in [1.807, 2.05) is 0 Å². The summed E-state index contributed by atoms with van der Waals surface area (Å²) in [5.74, 6) is -0.528. The highest BCUT2D eigenvalue weighted by atomic mass is 19.1. The number of halogens is 1. The summed E-state index contributed by atoms with van der Waals surface area (Å²) in [6, 6.07) is 7.19. The number of nitrogens with zero attached hydrogens (tertiary/aromatic N) is 2. The molecule has 2 unspecified atom stereocenters. The van der Waals surface area contributed by atoms with Crippen LogP contribution < -0.4 is 0 Å². The van der Waals surface area contributed by atoms with Gasteiger partial charge in [0, 0.05) is 38.1 Å². The lowest BCUT2D eigenvalue weighted by atomic mass is 10.1. The zero-order chi connectivity index (χ0) is 14.7. The van der Waals surface area contributed by atoms with Crippen LogP contribution in [0.4, 0.5) is 4.39 Å². The van der Waals surface area contributed by atoms with Crippen molar-refractivity contribution in [2.45, 2.75) is 32.4 Å². The molecule has 1 heterocycles. The summed E-state index contributed by atoms with van der Waals surface area (Å²) in [5.41, 5.74) is 0.211. The van der Waals surface area contributed by atoms with Crippen molar-refractivity contribution in [2.75, 3.05) is 26.7 Å².